The van der Waals surface area contributed by atoms with E-state index in [1.54, 1.807) is 14.2 Å². The van der Waals surface area contributed by atoms with Gasteiger partial charge >= 0.3 is 0 Å². The van der Waals surface area contributed by atoms with Gasteiger partial charge < -0.3 is 20.1 Å². The fraction of sp³-hybridized carbons (Fsp3) is 0.462. The topological polar surface area (TPSA) is 59.6 Å². The number of hydrogen-bond donors (Lipinski definition) is 2. The van der Waals surface area contributed by atoms with Gasteiger partial charge in [0.25, 0.3) is 0 Å². The first-order chi connectivity index (χ1) is 8.76. The summed E-state index contributed by atoms with van der Waals surface area (Å²) in [4.78, 5) is 11.6. The maximum atomic E-state index is 11.6. The van der Waals surface area contributed by atoms with Crippen molar-refractivity contribution < 1.29 is 14.3 Å². The molecule has 0 spiro atoms. The molecule has 0 saturated heterocycles. The Balaban J connectivity index is 2.21. The smallest absolute Gasteiger partial charge is 0.239 e. The third-order valence-electron chi connectivity index (χ3n) is 2.44. The molecule has 18 heavy (non-hydrogen) atoms. The molecule has 0 heterocycles. The molecular weight excluding hydrogens is 232 g/mol. The van der Waals surface area contributed by atoms with Crippen LogP contribution in [0, 0.1) is 0 Å². The number of hydrogen-bond acceptors (Lipinski definition) is 4. The van der Waals surface area contributed by atoms with Crippen LogP contribution >= 0.6 is 0 Å². The lowest BCUT2D eigenvalue weighted by Gasteiger charge is -2.15. The fourth-order valence-electron chi connectivity index (χ4n) is 1.42. The lowest BCUT2D eigenvalue weighted by Crippen LogP contribution is -2.38. The predicted octanol–water partition coefficient (Wildman–Crippen LogP) is 0.876. The van der Waals surface area contributed by atoms with E-state index >= 15 is 0 Å². The Morgan fingerprint density at radius 2 is 2.00 bits per heavy atom. The molecule has 1 aromatic rings. The summed E-state index contributed by atoms with van der Waals surface area (Å²) in [5.74, 6) is -0.0722. The first-order valence-electron chi connectivity index (χ1n) is 5.83. The summed E-state index contributed by atoms with van der Waals surface area (Å²) in [6, 6.07) is 9.59. The van der Waals surface area contributed by atoms with E-state index in [1.807, 2.05) is 30.3 Å². The maximum Gasteiger partial charge on any atom is 0.239 e. The van der Waals surface area contributed by atoms with Gasteiger partial charge in [0, 0.05) is 26.5 Å². The number of anilines is 1. The number of nitrogens with one attached hydrogen (secondary N) is 2. The fourth-order valence-corrected chi connectivity index (χ4v) is 1.42. The second-order valence-electron chi connectivity index (χ2n) is 3.84. The third-order valence-corrected chi connectivity index (χ3v) is 2.44. The molecule has 2 N–H and O–H groups in total. The third kappa shape index (κ3) is 5.65. The van der Waals surface area contributed by atoms with Gasteiger partial charge in [-0.2, -0.15) is 0 Å². The van der Waals surface area contributed by atoms with Crippen LogP contribution in [0.1, 0.15) is 0 Å². The van der Waals surface area contributed by atoms with E-state index in [0.29, 0.717) is 13.2 Å². The van der Waals surface area contributed by atoms with Crippen LogP contribution in [0.15, 0.2) is 30.3 Å². The monoisotopic (exact) mass is 252 g/mol. The van der Waals surface area contributed by atoms with Gasteiger partial charge in [0.1, 0.15) is 0 Å². The second-order valence-corrected chi connectivity index (χ2v) is 3.84. The quantitative estimate of drug-likeness (QED) is 0.721. The van der Waals surface area contributed by atoms with Gasteiger partial charge in [0.15, 0.2) is 0 Å². The van der Waals surface area contributed by atoms with Crippen molar-refractivity contribution >= 4 is 11.6 Å². The number of methoxy groups -OCH3 is 2. The molecule has 5 heteroatoms. The van der Waals surface area contributed by atoms with Crippen molar-refractivity contribution in [1.82, 2.24) is 5.32 Å². The number of rotatable bonds is 8. The average Bonchev–Trinajstić information content (AvgIpc) is 2.42. The summed E-state index contributed by atoms with van der Waals surface area (Å²) < 4.78 is 10.1. The van der Waals surface area contributed by atoms with Gasteiger partial charge in [-0.1, -0.05) is 18.2 Å². The van der Waals surface area contributed by atoms with Gasteiger partial charge in [-0.25, -0.2) is 0 Å². The predicted molar refractivity (Wildman–Crippen MR) is 70.6 cm³/mol. The molecule has 0 radical (unpaired) electrons. The minimum absolute atomic E-state index is 0.0722. The zero-order valence-electron chi connectivity index (χ0n) is 10.8. The summed E-state index contributed by atoms with van der Waals surface area (Å²) in [5.41, 5.74) is 0.924. The van der Waals surface area contributed by atoms with Crippen molar-refractivity contribution in [2.24, 2.45) is 0 Å². The number of carbonyl (C=O) groups is 1. The molecule has 0 aliphatic carbocycles. The molecule has 1 aromatic carbocycles. The number of para-hydroxylation sites is 1. The Morgan fingerprint density at radius 1 is 1.28 bits per heavy atom. The number of carbonyl (C=O) groups excluding carboxylic acids is 1. The summed E-state index contributed by atoms with van der Waals surface area (Å²) in [5, 5.41) is 5.82. The van der Waals surface area contributed by atoms with Gasteiger partial charge in [-0.05, 0) is 12.1 Å². The molecule has 0 bridgehead atoms. The van der Waals surface area contributed by atoms with E-state index < -0.39 is 0 Å². The van der Waals surface area contributed by atoms with Crippen LogP contribution in [-0.4, -0.2) is 45.9 Å². The number of ether oxygens (including phenoxy) is 2. The SMILES string of the molecule is COCC(CNC(=O)CNc1ccccc1)OC. The molecule has 1 unspecified atom stereocenters. The Labute approximate surface area is 107 Å². The summed E-state index contributed by atoms with van der Waals surface area (Å²) in [6.07, 6.45) is -0.115. The molecule has 0 aromatic heterocycles. The van der Waals surface area contributed by atoms with E-state index in [2.05, 4.69) is 10.6 Å². The molecule has 5 nitrogen and oxygen atoms in total. The molecule has 0 fully saturated rings. The second kappa shape index (κ2) is 8.49. The van der Waals surface area contributed by atoms with E-state index in [0.717, 1.165) is 5.69 Å². The summed E-state index contributed by atoms with van der Waals surface area (Å²) >= 11 is 0. The van der Waals surface area contributed by atoms with Crippen LogP contribution in [-0.2, 0) is 14.3 Å². The van der Waals surface area contributed by atoms with Crippen molar-refractivity contribution in [3.8, 4) is 0 Å². The van der Waals surface area contributed by atoms with Gasteiger partial charge in [-0.3, -0.25) is 4.79 Å². The maximum absolute atomic E-state index is 11.6. The van der Waals surface area contributed by atoms with Crippen LogP contribution in [0.25, 0.3) is 0 Å². The zero-order valence-corrected chi connectivity index (χ0v) is 10.8. The highest BCUT2D eigenvalue weighted by atomic mass is 16.5. The summed E-state index contributed by atoms with van der Waals surface area (Å²) in [7, 11) is 3.20. The molecule has 1 amide bonds. The van der Waals surface area contributed by atoms with Crippen LogP contribution < -0.4 is 10.6 Å². The Hall–Kier alpha value is -1.59. The molecule has 1 atom stereocenters. The minimum atomic E-state index is -0.115. The van der Waals surface area contributed by atoms with E-state index in [-0.39, 0.29) is 18.6 Å². The number of benzene rings is 1. The van der Waals surface area contributed by atoms with Crippen molar-refractivity contribution in [3.63, 3.8) is 0 Å². The van der Waals surface area contributed by atoms with Gasteiger partial charge in [0.05, 0.1) is 19.3 Å². The van der Waals surface area contributed by atoms with Gasteiger partial charge in [0.2, 0.25) is 5.91 Å². The standard InChI is InChI=1S/C13H20N2O3/c1-17-10-12(18-2)8-15-13(16)9-14-11-6-4-3-5-7-11/h3-7,12,14H,8-10H2,1-2H3,(H,15,16). The zero-order chi connectivity index (χ0) is 13.2. The first kappa shape index (κ1) is 14.5. The molecular formula is C13H20N2O3. The van der Waals surface area contributed by atoms with Crippen molar-refractivity contribution in [2.45, 2.75) is 6.10 Å². The van der Waals surface area contributed by atoms with Crippen LogP contribution in [0.3, 0.4) is 0 Å². The Kier molecular flexibility index (Phi) is 6.83. The summed E-state index contributed by atoms with van der Waals surface area (Å²) in [6.45, 7) is 1.15. The van der Waals surface area contributed by atoms with Gasteiger partial charge in [-0.15, -0.1) is 0 Å². The highest BCUT2D eigenvalue weighted by Gasteiger charge is 2.08. The van der Waals surface area contributed by atoms with E-state index in [1.165, 1.54) is 0 Å². The van der Waals surface area contributed by atoms with E-state index in [4.69, 9.17) is 9.47 Å². The molecule has 0 aliphatic rings. The van der Waals surface area contributed by atoms with Crippen molar-refractivity contribution in [3.05, 3.63) is 30.3 Å². The molecule has 1 rings (SSSR count). The molecule has 0 aliphatic heterocycles. The lowest BCUT2D eigenvalue weighted by molar-refractivity contribution is -0.120. The van der Waals surface area contributed by atoms with Crippen molar-refractivity contribution in [2.75, 3.05) is 39.2 Å². The largest absolute Gasteiger partial charge is 0.382 e. The van der Waals surface area contributed by atoms with Crippen LogP contribution in [0.5, 0.6) is 0 Å². The number of amides is 1. The highest BCUT2D eigenvalue weighted by molar-refractivity contribution is 5.80. The van der Waals surface area contributed by atoms with Crippen LogP contribution in [0.2, 0.25) is 0 Å². The lowest BCUT2D eigenvalue weighted by atomic mass is 10.3. The highest BCUT2D eigenvalue weighted by Crippen LogP contribution is 2.03. The first-order valence-corrected chi connectivity index (χ1v) is 5.83. The van der Waals surface area contributed by atoms with E-state index in [9.17, 15) is 4.79 Å². The van der Waals surface area contributed by atoms with Crippen LogP contribution in [0.4, 0.5) is 5.69 Å². The Morgan fingerprint density at radius 3 is 2.61 bits per heavy atom. The normalized spacial score (nSPS) is 11.9. The average molecular weight is 252 g/mol. The molecule has 0 saturated carbocycles. The van der Waals surface area contributed by atoms with Crippen molar-refractivity contribution in [1.29, 1.82) is 0 Å². The minimum Gasteiger partial charge on any atom is -0.382 e. The Bertz CT molecular complexity index is 343. The molecule has 100 valence electrons.